The van der Waals surface area contributed by atoms with Crippen LogP contribution in [0.3, 0.4) is 0 Å². The van der Waals surface area contributed by atoms with Gasteiger partial charge in [-0.2, -0.15) is 0 Å². The molecule has 3 N–H and O–H groups in total. The fourth-order valence-corrected chi connectivity index (χ4v) is 2.78. The van der Waals surface area contributed by atoms with Gasteiger partial charge in [0.1, 0.15) is 0 Å². The summed E-state index contributed by atoms with van der Waals surface area (Å²) in [6.07, 6.45) is 0. The lowest BCUT2D eigenvalue weighted by Crippen LogP contribution is -2.36. The Labute approximate surface area is 163 Å². The zero-order valence-electron chi connectivity index (χ0n) is 14.8. The molecule has 0 saturated carbocycles. The maximum Gasteiger partial charge on any atom is 0.221 e. The summed E-state index contributed by atoms with van der Waals surface area (Å²) in [6.45, 7) is 5.25. The molecule has 0 unspecified atom stereocenters. The standard InChI is InChI=1S/C19H22Cl2N4O/c1-3-22-19(24-12-15-7-8-16(20)10-18(15)21)23-11-14-5-4-6-17(9-14)25-13(2)26/h4-10H,3,11-12H2,1-2H3,(H,25,26)(H2,22,23,24). The van der Waals surface area contributed by atoms with Crippen molar-refractivity contribution in [1.29, 1.82) is 0 Å². The first kappa shape index (κ1) is 20.1. The van der Waals surface area contributed by atoms with Crippen molar-refractivity contribution in [3.63, 3.8) is 0 Å². The van der Waals surface area contributed by atoms with Crippen LogP contribution < -0.4 is 16.0 Å². The van der Waals surface area contributed by atoms with E-state index in [0.717, 1.165) is 23.4 Å². The Kier molecular flexibility index (Phi) is 7.75. The highest BCUT2D eigenvalue weighted by atomic mass is 35.5. The third-order valence-electron chi connectivity index (χ3n) is 3.47. The average molecular weight is 393 g/mol. The van der Waals surface area contributed by atoms with Gasteiger partial charge in [-0.15, -0.1) is 0 Å². The maximum absolute atomic E-state index is 11.2. The zero-order chi connectivity index (χ0) is 18.9. The average Bonchev–Trinajstić information content (AvgIpc) is 2.58. The van der Waals surface area contributed by atoms with Crippen LogP contribution in [-0.4, -0.2) is 18.4 Å². The minimum Gasteiger partial charge on any atom is -0.357 e. The van der Waals surface area contributed by atoms with Crippen LogP contribution >= 0.6 is 23.2 Å². The summed E-state index contributed by atoms with van der Waals surface area (Å²) in [5, 5.41) is 10.5. The summed E-state index contributed by atoms with van der Waals surface area (Å²) in [5.41, 5.74) is 2.70. The Morgan fingerprint density at radius 1 is 1.12 bits per heavy atom. The predicted octanol–water partition coefficient (Wildman–Crippen LogP) is 4.21. The van der Waals surface area contributed by atoms with Gasteiger partial charge in [-0.1, -0.05) is 41.4 Å². The van der Waals surface area contributed by atoms with E-state index in [-0.39, 0.29) is 5.91 Å². The second-order valence-electron chi connectivity index (χ2n) is 5.67. The normalized spacial score (nSPS) is 11.2. The molecule has 0 radical (unpaired) electrons. The van der Waals surface area contributed by atoms with Crippen LogP contribution in [0.2, 0.25) is 10.0 Å². The Hall–Kier alpha value is -2.24. The third-order valence-corrected chi connectivity index (χ3v) is 4.06. The van der Waals surface area contributed by atoms with Crippen molar-refractivity contribution in [1.82, 2.24) is 10.6 Å². The molecule has 138 valence electrons. The highest BCUT2D eigenvalue weighted by molar-refractivity contribution is 6.35. The number of hydrogen-bond acceptors (Lipinski definition) is 2. The van der Waals surface area contributed by atoms with Gasteiger partial charge in [-0.25, -0.2) is 4.99 Å². The number of carbonyl (C=O) groups is 1. The predicted molar refractivity (Wildman–Crippen MR) is 109 cm³/mol. The van der Waals surface area contributed by atoms with Gasteiger partial charge >= 0.3 is 0 Å². The number of nitrogens with zero attached hydrogens (tertiary/aromatic N) is 1. The fraction of sp³-hybridized carbons (Fsp3) is 0.263. The van der Waals surface area contributed by atoms with Gasteiger partial charge in [0.2, 0.25) is 5.91 Å². The fourth-order valence-electron chi connectivity index (χ4n) is 2.31. The molecule has 7 heteroatoms. The van der Waals surface area contributed by atoms with Gasteiger partial charge < -0.3 is 16.0 Å². The number of amides is 1. The smallest absolute Gasteiger partial charge is 0.221 e. The molecule has 5 nitrogen and oxygen atoms in total. The van der Waals surface area contributed by atoms with Crippen LogP contribution in [-0.2, 0) is 17.9 Å². The summed E-state index contributed by atoms with van der Waals surface area (Å²) < 4.78 is 0. The molecule has 0 fully saturated rings. The van der Waals surface area contributed by atoms with Crippen LogP contribution in [0.25, 0.3) is 0 Å². The minimum atomic E-state index is -0.0968. The van der Waals surface area contributed by atoms with Gasteiger partial charge in [0.15, 0.2) is 5.96 Å². The van der Waals surface area contributed by atoms with E-state index in [9.17, 15) is 4.79 Å². The number of benzene rings is 2. The lowest BCUT2D eigenvalue weighted by Gasteiger charge is -2.12. The van der Waals surface area contributed by atoms with Crippen molar-refractivity contribution in [2.75, 3.05) is 11.9 Å². The second kappa shape index (κ2) is 10.0. The Morgan fingerprint density at radius 3 is 2.62 bits per heavy atom. The first-order chi connectivity index (χ1) is 12.5. The van der Waals surface area contributed by atoms with Gasteiger partial charge in [0.05, 0.1) is 6.54 Å². The summed E-state index contributed by atoms with van der Waals surface area (Å²) in [7, 11) is 0. The molecule has 0 aliphatic carbocycles. The van der Waals surface area contributed by atoms with E-state index in [1.54, 1.807) is 6.07 Å². The van der Waals surface area contributed by atoms with Gasteiger partial charge in [0.25, 0.3) is 0 Å². The lowest BCUT2D eigenvalue weighted by atomic mass is 10.2. The van der Waals surface area contributed by atoms with Crippen molar-refractivity contribution in [2.24, 2.45) is 4.99 Å². The molecule has 0 aromatic heterocycles. The first-order valence-electron chi connectivity index (χ1n) is 8.30. The number of carbonyl (C=O) groups excluding carboxylic acids is 1. The molecule has 0 aliphatic rings. The summed E-state index contributed by atoms with van der Waals surface area (Å²) >= 11 is 12.1. The Balaban J connectivity index is 2.03. The zero-order valence-corrected chi connectivity index (χ0v) is 16.3. The van der Waals surface area contributed by atoms with Crippen LogP contribution in [0.4, 0.5) is 5.69 Å². The van der Waals surface area contributed by atoms with E-state index >= 15 is 0 Å². The number of hydrogen-bond donors (Lipinski definition) is 3. The minimum absolute atomic E-state index is 0.0968. The topological polar surface area (TPSA) is 65.5 Å². The number of guanidine groups is 1. The van der Waals surface area contributed by atoms with Crippen LogP contribution in [0.1, 0.15) is 25.0 Å². The SMILES string of the molecule is CCNC(=NCc1cccc(NC(C)=O)c1)NCc1ccc(Cl)cc1Cl. The number of aliphatic imine (C=N–C) groups is 1. The molecule has 0 saturated heterocycles. The van der Waals surface area contributed by atoms with Crippen molar-refractivity contribution in [2.45, 2.75) is 26.9 Å². The largest absolute Gasteiger partial charge is 0.357 e. The molecule has 2 aromatic carbocycles. The molecule has 0 heterocycles. The first-order valence-corrected chi connectivity index (χ1v) is 9.06. The highest BCUT2D eigenvalue weighted by Crippen LogP contribution is 2.20. The highest BCUT2D eigenvalue weighted by Gasteiger charge is 2.04. The van der Waals surface area contributed by atoms with E-state index in [4.69, 9.17) is 23.2 Å². The molecule has 0 aliphatic heterocycles. The van der Waals surface area contributed by atoms with E-state index in [1.807, 2.05) is 43.3 Å². The number of rotatable bonds is 6. The van der Waals surface area contributed by atoms with Gasteiger partial charge in [-0.05, 0) is 42.3 Å². The lowest BCUT2D eigenvalue weighted by molar-refractivity contribution is -0.114. The quantitative estimate of drug-likeness (QED) is 0.509. The summed E-state index contributed by atoms with van der Waals surface area (Å²) in [6, 6.07) is 13.0. The monoisotopic (exact) mass is 392 g/mol. The maximum atomic E-state index is 11.2. The number of anilines is 1. The van der Waals surface area contributed by atoms with Crippen molar-refractivity contribution >= 4 is 40.8 Å². The molecule has 1 amide bonds. The number of halogens is 2. The van der Waals surface area contributed by atoms with Gasteiger partial charge in [0, 0.05) is 35.7 Å². The van der Waals surface area contributed by atoms with E-state index in [0.29, 0.717) is 29.1 Å². The molecule has 0 atom stereocenters. The second-order valence-corrected chi connectivity index (χ2v) is 6.51. The van der Waals surface area contributed by atoms with Crippen LogP contribution in [0.15, 0.2) is 47.5 Å². The van der Waals surface area contributed by atoms with Crippen LogP contribution in [0.5, 0.6) is 0 Å². The number of nitrogens with one attached hydrogen (secondary N) is 3. The third kappa shape index (κ3) is 6.58. The molecular weight excluding hydrogens is 371 g/mol. The van der Waals surface area contributed by atoms with E-state index in [2.05, 4.69) is 20.9 Å². The molecule has 2 aromatic rings. The molecule has 0 bridgehead atoms. The molecule has 26 heavy (non-hydrogen) atoms. The Bertz CT molecular complexity index is 793. The molecule has 0 spiro atoms. The van der Waals surface area contributed by atoms with E-state index in [1.165, 1.54) is 6.92 Å². The summed E-state index contributed by atoms with van der Waals surface area (Å²) in [5.74, 6) is 0.587. The van der Waals surface area contributed by atoms with Crippen molar-refractivity contribution < 1.29 is 4.79 Å². The Morgan fingerprint density at radius 2 is 1.92 bits per heavy atom. The summed E-state index contributed by atoms with van der Waals surface area (Å²) in [4.78, 5) is 15.7. The molecule has 2 rings (SSSR count). The molecular formula is C19H22Cl2N4O. The van der Waals surface area contributed by atoms with Gasteiger partial charge in [-0.3, -0.25) is 4.79 Å². The van der Waals surface area contributed by atoms with E-state index < -0.39 is 0 Å². The van der Waals surface area contributed by atoms with Crippen LogP contribution in [0, 0.1) is 0 Å². The van der Waals surface area contributed by atoms with Crippen molar-refractivity contribution in [3.05, 3.63) is 63.6 Å². The van der Waals surface area contributed by atoms with Crippen molar-refractivity contribution in [3.8, 4) is 0 Å².